The van der Waals surface area contributed by atoms with Crippen molar-refractivity contribution in [2.45, 2.75) is 39.3 Å². The van der Waals surface area contributed by atoms with Crippen molar-refractivity contribution in [1.82, 2.24) is 20.5 Å². The summed E-state index contributed by atoms with van der Waals surface area (Å²) >= 11 is 1.04. The summed E-state index contributed by atoms with van der Waals surface area (Å²) in [6.07, 6.45) is -1.59. The first kappa shape index (κ1) is 21.9. The number of nitrogens with one attached hydrogen (secondary N) is 2. The van der Waals surface area contributed by atoms with Gasteiger partial charge in [0.1, 0.15) is 0 Å². The zero-order chi connectivity index (χ0) is 19.9. The maximum atomic E-state index is 12.6. The number of rotatable bonds is 7. The van der Waals surface area contributed by atoms with Crippen molar-refractivity contribution >= 4 is 17.3 Å². The Hall–Kier alpha value is -1.35. The molecule has 2 heterocycles. The van der Waals surface area contributed by atoms with Gasteiger partial charge in [0.2, 0.25) is 0 Å². The van der Waals surface area contributed by atoms with Crippen LogP contribution in [0.3, 0.4) is 0 Å². The fraction of sp³-hybridized carbons (Fsp3) is 0.778. The number of aliphatic imine (C=N–C) groups is 1. The molecule has 2 atom stereocenters. The van der Waals surface area contributed by atoms with Crippen molar-refractivity contribution in [3.8, 4) is 0 Å². The van der Waals surface area contributed by atoms with E-state index < -0.39 is 11.9 Å². The summed E-state index contributed by atoms with van der Waals surface area (Å²) < 4.78 is 37.7. The van der Waals surface area contributed by atoms with Crippen molar-refractivity contribution in [2.24, 2.45) is 16.8 Å². The SMILES string of the molecule is CN=C(NCCCN1CC(C)CC(C)C1)NCCc1nc(C(F)(F)F)cs1. The average Bonchev–Trinajstić information content (AvgIpc) is 3.05. The lowest BCUT2D eigenvalue weighted by molar-refractivity contribution is -0.140. The molecule has 0 aromatic carbocycles. The first-order valence-corrected chi connectivity index (χ1v) is 10.3. The molecule has 0 amide bonds. The molecule has 2 unspecified atom stereocenters. The standard InChI is InChI=1S/C18H30F3N5S/c1-13-9-14(2)11-26(10-13)8-4-6-23-17(22-3)24-7-5-16-25-15(12-27-16)18(19,20)21/h12-14H,4-11H2,1-3H3,(H2,22,23,24). The maximum absolute atomic E-state index is 12.6. The monoisotopic (exact) mass is 405 g/mol. The summed E-state index contributed by atoms with van der Waals surface area (Å²) in [4.78, 5) is 10.3. The van der Waals surface area contributed by atoms with Crippen LogP contribution in [0.4, 0.5) is 13.2 Å². The van der Waals surface area contributed by atoms with E-state index in [9.17, 15) is 13.2 Å². The third kappa shape index (κ3) is 7.65. The highest BCUT2D eigenvalue weighted by Gasteiger charge is 2.33. The highest BCUT2D eigenvalue weighted by Crippen LogP contribution is 2.30. The van der Waals surface area contributed by atoms with Crippen LogP contribution in [0.5, 0.6) is 0 Å². The fourth-order valence-corrected chi connectivity index (χ4v) is 4.35. The number of hydrogen-bond acceptors (Lipinski definition) is 4. The molecule has 1 aromatic heterocycles. The van der Waals surface area contributed by atoms with E-state index in [1.165, 1.54) is 19.5 Å². The molecule has 0 spiro atoms. The molecule has 0 aliphatic carbocycles. The second kappa shape index (κ2) is 10.3. The molecular weight excluding hydrogens is 375 g/mol. The zero-order valence-electron chi connectivity index (χ0n) is 16.3. The lowest BCUT2D eigenvalue weighted by Gasteiger charge is -2.35. The van der Waals surface area contributed by atoms with Crippen molar-refractivity contribution in [3.05, 3.63) is 16.1 Å². The highest BCUT2D eigenvalue weighted by atomic mass is 32.1. The van der Waals surface area contributed by atoms with Crippen LogP contribution in [-0.2, 0) is 12.6 Å². The molecule has 0 bridgehead atoms. The molecule has 5 nitrogen and oxygen atoms in total. The highest BCUT2D eigenvalue weighted by molar-refractivity contribution is 7.09. The minimum absolute atomic E-state index is 0.436. The van der Waals surface area contributed by atoms with E-state index in [4.69, 9.17) is 0 Å². The van der Waals surface area contributed by atoms with Gasteiger partial charge in [0, 0.05) is 45.0 Å². The van der Waals surface area contributed by atoms with Gasteiger partial charge in [0.05, 0.1) is 5.01 Å². The Bertz CT molecular complexity index is 592. The maximum Gasteiger partial charge on any atom is 0.434 e. The number of piperidine rings is 1. The van der Waals surface area contributed by atoms with Gasteiger partial charge in [-0.15, -0.1) is 11.3 Å². The molecule has 2 N–H and O–H groups in total. The van der Waals surface area contributed by atoms with Gasteiger partial charge >= 0.3 is 6.18 Å². The van der Waals surface area contributed by atoms with Gasteiger partial charge in [0.15, 0.2) is 11.7 Å². The molecule has 0 saturated carbocycles. The Balaban J connectivity index is 1.62. The van der Waals surface area contributed by atoms with Crippen molar-refractivity contribution in [2.75, 3.05) is 39.8 Å². The number of alkyl halides is 3. The molecule has 0 radical (unpaired) electrons. The largest absolute Gasteiger partial charge is 0.434 e. The van der Waals surface area contributed by atoms with Crippen LogP contribution in [0.2, 0.25) is 0 Å². The molecule has 154 valence electrons. The number of likely N-dealkylation sites (tertiary alicyclic amines) is 1. The minimum Gasteiger partial charge on any atom is -0.356 e. The molecule has 1 saturated heterocycles. The van der Waals surface area contributed by atoms with Crippen molar-refractivity contribution in [3.63, 3.8) is 0 Å². The Morgan fingerprint density at radius 3 is 2.52 bits per heavy atom. The van der Waals surface area contributed by atoms with E-state index in [2.05, 4.69) is 39.4 Å². The Kier molecular flexibility index (Phi) is 8.34. The Morgan fingerprint density at radius 2 is 1.93 bits per heavy atom. The van der Waals surface area contributed by atoms with E-state index in [1.807, 2.05) is 0 Å². The van der Waals surface area contributed by atoms with E-state index in [-0.39, 0.29) is 0 Å². The van der Waals surface area contributed by atoms with Gasteiger partial charge in [-0.1, -0.05) is 13.8 Å². The van der Waals surface area contributed by atoms with Crippen LogP contribution in [-0.4, -0.2) is 55.6 Å². The summed E-state index contributed by atoms with van der Waals surface area (Å²) in [6, 6.07) is 0. The number of thiazole rings is 1. The summed E-state index contributed by atoms with van der Waals surface area (Å²) in [5.74, 6) is 2.20. The second-order valence-corrected chi connectivity index (χ2v) is 8.30. The first-order chi connectivity index (χ1) is 12.8. The predicted molar refractivity (Wildman–Crippen MR) is 104 cm³/mol. The summed E-state index contributed by atoms with van der Waals surface area (Å²) in [6.45, 7) is 9.34. The lowest BCUT2D eigenvalue weighted by atomic mass is 9.92. The normalized spacial score (nSPS) is 22.1. The molecule has 1 aliphatic heterocycles. The molecule has 1 aliphatic rings. The number of nitrogens with zero attached hydrogens (tertiary/aromatic N) is 3. The van der Waals surface area contributed by atoms with Gasteiger partial charge in [-0.3, -0.25) is 4.99 Å². The van der Waals surface area contributed by atoms with E-state index in [0.717, 1.165) is 48.1 Å². The van der Waals surface area contributed by atoms with E-state index in [1.54, 1.807) is 7.05 Å². The van der Waals surface area contributed by atoms with Crippen LogP contribution in [0.25, 0.3) is 0 Å². The quantitative estimate of drug-likeness (QED) is 0.415. The van der Waals surface area contributed by atoms with E-state index >= 15 is 0 Å². The molecule has 9 heteroatoms. The molecule has 1 fully saturated rings. The minimum atomic E-state index is -4.37. The number of halogens is 3. The molecule has 1 aromatic rings. The summed E-state index contributed by atoms with van der Waals surface area (Å²) in [5, 5.41) is 7.92. The second-order valence-electron chi connectivity index (χ2n) is 7.36. The van der Waals surface area contributed by atoms with Gasteiger partial charge in [-0.25, -0.2) is 4.98 Å². The third-order valence-corrected chi connectivity index (χ3v) is 5.49. The van der Waals surface area contributed by atoms with Crippen LogP contribution in [0, 0.1) is 11.8 Å². The molecule has 2 rings (SSSR count). The van der Waals surface area contributed by atoms with Crippen LogP contribution >= 0.6 is 11.3 Å². The predicted octanol–water partition coefficient (Wildman–Crippen LogP) is 3.24. The zero-order valence-corrected chi connectivity index (χ0v) is 17.1. The Morgan fingerprint density at radius 1 is 1.26 bits per heavy atom. The topological polar surface area (TPSA) is 52.6 Å². The third-order valence-electron chi connectivity index (χ3n) is 4.59. The molecular formula is C18H30F3N5S. The Labute approximate surface area is 163 Å². The lowest BCUT2D eigenvalue weighted by Crippen LogP contribution is -2.42. The number of aromatic nitrogens is 1. The van der Waals surface area contributed by atoms with Crippen molar-refractivity contribution in [1.29, 1.82) is 0 Å². The van der Waals surface area contributed by atoms with Gasteiger partial charge in [-0.05, 0) is 31.2 Å². The van der Waals surface area contributed by atoms with Crippen LogP contribution in [0.1, 0.15) is 37.4 Å². The summed E-state index contributed by atoms with van der Waals surface area (Å²) in [5.41, 5.74) is -0.814. The molecule has 27 heavy (non-hydrogen) atoms. The first-order valence-electron chi connectivity index (χ1n) is 9.46. The summed E-state index contributed by atoms with van der Waals surface area (Å²) in [7, 11) is 1.69. The number of hydrogen-bond donors (Lipinski definition) is 2. The smallest absolute Gasteiger partial charge is 0.356 e. The average molecular weight is 406 g/mol. The van der Waals surface area contributed by atoms with E-state index in [0.29, 0.717) is 23.9 Å². The van der Waals surface area contributed by atoms with Gasteiger partial charge in [-0.2, -0.15) is 13.2 Å². The van der Waals surface area contributed by atoms with Gasteiger partial charge < -0.3 is 15.5 Å². The van der Waals surface area contributed by atoms with Gasteiger partial charge in [0.25, 0.3) is 0 Å². The van der Waals surface area contributed by atoms with Crippen molar-refractivity contribution < 1.29 is 13.2 Å². The van der Waals surface area contributed by atoms with Crippen LogP contribution in [0.15, 0.2) is 10.4 Å². The van der Waals surface area contributed by atoms with Crippen LogP contribution < -0.4 is 10.6 Å². The fourth-order valence-electron chi connectivity index (χ4n) is 3.55. The number of guanidine groups is 1.